The molecule has 0 aliphatic heterocycles. The van der Waals surface area contributed by atoms with Gasteiger partial charge in [-0.3, -0.25) is 4.79 Å². The summed E-state index contributed by atoms with van der Waals surface area (Å²) in [5.41, 5.74) is 1.12. The van der Waals surface area contributed by atoms with E-state index in [1.165, 1.54) is 25.7 Å². The van der Waals surface area contributed by atoms with E-state index in [4.69, 9.17) is 4.74 Å². The van der Waals surface area contributed by atoms with Crippen LogP contribution in [0.15, 0.2) is 24.3 Å². The van der Waals surface area contributed by atoms with Gasteiger partial charge in [-0.15, -0.1) is 0 Å². The molecule has 0 bridgehead atoms. The lowest BCUT2D eigenvalue weighted by atomic mass is 10.0. The molecule has 21 heavy (non-hydrogen) atoms. The molecule has 1 N–H and O–H groups in total. The summed E-state index contributed by atoms with van der Waals surface area (Å²) in [7, 11) is 0. The number of ether oxygens (including phenoxy) is 1. The molecule has 116 valence electrons. The minimum absolute atomic E-state index is 0.0526. The number of amides is 1. The normalized spacial score (nSPS) is 16.7. The molecule has 1 aromatic carbocycles. The molecule has 1 aliphatic carbocycles. The maximum absolute atomic E-state index is 12.0. The van der Waals surface area contributed by atoms with Crippen LogP contribution in [0.4, 0.5) is 0 Å². The largest absolute Gasteiger partial charge is 0.494 e. The first kappa shape index (κ1) is 15.9. The summed E-state index contributed by atoms with van der Waals surface area (Å²) in [5, 5.41) is 3.09. The van der Waals surface area contributed by atoms with Crippen molar-refractivity contribution in [3.63, 3.8) is 0 Å². The predicted molar refractivity (Wildman–Crippen MR) is 85.4 cm³/mol. The van der Waals surface area contributed by atoms with Gasteiger partial charge >= 0.3 is 0 Å². The Hall–Kier alpha value is -1.51. The number of benzene rings is 1. The Bertz CT molecular complexity index is 435. The zero-order chi connectivity index (χ0) is 15.1. The molecule has 1 fully saturated rings. The average molecular weight is 289 g/mol. The second kappa shape index (κ2) is 8.06. The van der Waals surface area contributed by atoms with Crippen molar-refractivity contribution in [2.24, 2.45) is 5.92 Å². The van der Waals surface area contributed by atoms with Crippen LogP contribution in [-0.2, 0) is 4.79 Å². The van der Waals surface area contributed by atoms with Crippen molar-refractivity contribution in [1.29, 1.82) is 0 Å². The van der Waals surface area contributed by atoms with E-state index in [9.17, 15) is 4.79 Å². The zero-order valence-electron chi connectivity index (χ0n) is 13.2. The molecule has 0 aromatic heterocycles. The molecule has 1 saturated carbocycles. The summed E-state index contributed by atoms with van der Waals surface area (Å²) in [6, 6.07) is 8.01. The van der Waals surface area contributed by atoms with Crippen LogP contribution >= 0.6 is 0 Å². The molecule has 0 radical (unpaired) electrons. The van der Waals surface area contributed by atoms with Crippen LogP contribution in [0.25, 0.3) is 0 Å². The minimum atomic E-state index is 0.0526. The molecule has 1 aliphatic rings. The first-order chi connectivity index (χ1) is 10.2. The predicted octanol–water partition coefficient (Wildman–Crippen LogP) is 4.23. The standard InChI is InChI=1S/C18H27NO2/c1-3-21-17-11-9-16(10-12-17)14(2)19-18(20)13-8-15-6-4-5-7-15/h9-12,14-15H,3-8,13H2,1-2H3,(H,19,20). The van der Waals surface area contributed by atoms with E-state index in [0.29, 0.717) is 13.0 Å². The van der Waals surface area contributed by atoms with E-state index >= 15 is 0 Å². The highest BCUT2D eigenvalue weighted by Crippen LogP contribution is 2.28. The van der Waals surface area contributed by atoms with E-state index in [2.05, 4.69) is 5.32 Å². The topological polar surface area (TPSA) is 38.3 Å². The molecule has 1 aromatic rings. The van der Waals surface area contributed by atoms with Gasteiger partial charge in [0.1, 0.15) is 5.75 Å². The quantitative estimate of drug-likeness (QED) is 0.815. The lowest BCUT2D eigenvalue weighted by Gasteiger charge is -2.16. The molecule has 0 heterocycles. The Kier molecular flexibility index (Phi) is 6.09. The van der Waals surface area contributed by atoms with Crippen molar-refractivity contribution in [3.05, 3.63) is 29.8 Å². The summed E-state index contributed by atoms with van der Waals surface area (Å²) in [5.74, 6) is 1.82. The van der Waals surface area contributed by atoms with E-state index in [1.807, 2.05) is 38.1 Å². The monoisotopic (exact) mass is 289 g/mol. The van der Waals surface area contributed by atoms with Gasteiger partial charge in [0, 0.05) is 6.42 Å². The van der Waals surface area contributed by atoms with Gasteiger partial charge in [0.05, 0.1) is 12.6 Å². The molecule has 1 amide bonds. The summed E-state index contributed by atoms with van der Waals surface area (Å²) in [6.07, 6.45) is 7.00. The second-order valence-electron chi connectivity index (χ2n) is 5.98. The molecule has 0 spiro atoms. The Morgan fingerprint density at radius 2 is 1.95 bits per heavy atom. The molecule has 3 nitrogen and oxygen atoms in total. The van der Waals surface area contributed by atoms with Gasteiger partial charge < -0.3 is 10.1 Å². The molecule has 0 saturated heterocycles. The Balaban J connectivity index is 1.76. The van der Waals surface area contributed by atoms with Crippen molar-refractivity contribution in [2.45, 2.75) is 58.4 Å². The zero-order valence-corrected chi connectivity index (χ0v) is 13.2. The Morgan fingerprint density at radius 3 is 2.57 bits per heavy atom. The molecule has 2 rings (SSSR count). The highest BCUT2D eigenvalue weighted by atomic mass is 16.5. The highest BCUT2D eigenvalue weighted by molar-refractivity contribution is 5.76. The van der Waals surface area contributed by atoms with Gasteiger partial charge in [-0.25, -0.2) is 0 Å². The molecular formula is C18H27NO2. The van der Waals surface area contributed by atoms with Crippen LogP contribution in [0.1, 0.15) is 64.0 Å². The van der Waals surface area contributed by atoms with Crippen LogP contribution in [-0.4, -0.2) is 12.5 Å². The van der Waals surface area contributed by atoms with Gasteiger partial charge in [0.15, 0.2) is 0 Å². The summed E-state index contributed by atoms with van der Waals surface area (Å²) in [4.78, 5) is 12.0. The molecular weight excluding hydrogens is 262 g/mol. The fraction of sp³-hybridized carbons (Fsp3) is 0.611. The van der Waals surface area contributed by atoms with Crippen molar-refractivity contribution in [2.75, 3.05) is 6.61 Å². The maximum atomic E-state index is 12.0. The van der Waals surface area contributed by atoms with Crippen molar-refractivity contribution >= 4 is 5.91 Å². The van der Waals surface area contributed by atoms with Crippen LogP contribution in [0, 0.1) is 5.92 Å². The fourth-order valence-electron chi connectivity index (χ4n) is 3.05. The number of rotatable bonds is 7. The van der Waals surface area contributed by atoms with Crippen LogP contribution in [0.3, 0.4) is 0 Å². The minimum Gasteiger partial charge on any atom is -0.494 e. The van der Waals surface area contributed by atoms with E-state index in [-0.39, 0.29) is 11.9 Å². The third kappa shape index (κ3) is 5.07. The van der Waals surface area contributed by atoms with E-state index in [0.717, 1.165) is 23.7 Å². The number of carbonyl (C=O) groups excluding carboxylic acids is 1. The van der Waals surface area contributed by atoms with Gasteiger partial charge in [-0.05, 0) is 43.9 Å². The van der Waals surface area contributed by atoms with Gasteiger partial charge in [0.2, 0.25) is 5.91 Å². The van der Waals surface area contributed by atoms with Crippen molar-refractivity contribution in [1.82, 2.24) is 5.32 Å². The Morgan fingerprint density at radius 1 is 1.29 bits per heavy atom. The molecule has 1 unspecified atom stereocenters. The maximum Gasteiger partial charge on any atom is 0.220 e. The smallest absolute Gasteiger partial charge is 0.220 e. The van der Waals surface area contributed by atoms with Gasteiger partial charge in [-0.2, -0.15) is 0 Å². The van der Waals surface area contributed by atoms with Crippen LogP contribution in [0.5, 0.6) is 5.75 Å². The summed E-state index contributed by atoms with van der Waals surface area (Å²) in [6.45, 7) is 4.68. The summed E-state index contributed by atoms with van der Waals surface area (Å²) < 4.78 is 5.43. The third-order valence-corrected chi connectivity index (χ3v) is 4.32. The van der Waals surface area contributed by atoms with Crippen molar-refractivity contribution < 1.29 is 9.53 Å². The fourth-order valence-corrected chi connectivity index (χ4v) is 3.05. The average Bonchev–Trinajstić information content (AvgIpc) is 2.99. The summed E-state index contributed by atoms with van der Waals surface area (Å²) >= 11 is 0. The highest BCUT2D eigenvalue weighted by Gasteiger charge is 2.17. The van der Waals surface area contributed by atoms with Gasteiger partial charge in [-0.1, -0.05) is 37.8 Å². The second-order valence-corrected chi connectivity index (χ2v) is 5.98. The first-order valence-corrected chi connectivity index (χ1v) is 8.21. The first-order valence-electron chi connectivity index (χ1n) is 8.21. The number of nitrogens with one attached hydrogen (secondary N) is 1. The third-order valence-electron chi connectivity index (χ3n) is 4.32. The Labute approximate surface area is 128 Å². The number of hydrogen-bond acceptors (Lipinski definition) is 2. The number of carbonyl (C=O) groups is 1. The lowest BCUT2D eigenvalue weighted by Crippen LogP contribution is -2.26. The van der Waals surface area contributed by atoms with Crippen LogP contribution in [0.2, 0.25) is 0 Å². The molecule has 3 heteroatoms. The van der Waals surface area contributed by atoms with E-state index < -0.39 is 0 Å². The SMILES string of the molecule is CCOc1ccc(C(C)NC(=O)CCC2CCCC2)cc1. The lowest BCUT2D eigenvalue weighted by molar-refractivity contribution is -0.122. The number of hydrogen-bond donors (Lipinski definition) is 1. The van der Waals surface area contributed by atoms with Crippen molar-refractivity contribution in [3.8, 4) is 5.75 Å². The molecule has 1 atom stereocenters. The van der Waals surface area contributed by atoms with Crippen LogP contribution < -0.4 is 10.1 Å². The van der Waals surface area contributed by atoms with Gasteiger partial charge in [0.25, 0.3) is 0 Å². The van der Waals surface area contributed by atoms with E-state index in [1.54, 1.807) is 0 Å².